The largest absolute Gasteiger partial charge is 0.453 e. The Bertz CT molecular complexity index is 803. The Balaban J connectivity index is 1.92. The van der Waals surface area contributed by atoms with Crippen LogP contribution in [0.3, 0.4) is 0 Å². The van der Waals surface area contributed by atoms with E-state index in [1.54, 1.807) is 24.3 Å². The number of fused-ring (bicyclic) bond motifs is 1. The molecule has 1 unspecified atom stereocenters. The molecule has 1 aliphatic rings. The summed E-state index contributed by atoms with van der Waals surface area (Å²) in [5, 5.41) is 11.6. The number of benzene rings is 1. The van der Waals surface area contributed by atoms with Crippen molar-refractivity contribution in [1.82, 2.24) is 20.2 Å². The zero-order valence-corrected chi connectivity index (χ0v) is 12.8. The van der Waals surface area contributed by atoms with Gasteiger partial charge in [-0.25, -0.2) is 9.48 Å². The van der Waals surface area contributed by atoms with Gasteiger partial charge in [0, 0.05) is 17.0 Å². The fourth-order valence-electron chi connectivity index (χ4n) is 2.35. The van der Waals surface area contributed by atoms with Crippen LogP contribution in [0.25, 0.3) is 0 Å². The van der Waals surface area contributed by atoms with Gasteiger partial charge in [-0.1, -0.05) is 29.8 Å². The lowest BCUT2D eigenvalue weighted by Crippen LogP contribution is -2.26. The van der Waals surface area contributed by atoms with Crippen molar-refractivity contribution in [2.24, 2.45) is 0 Å². The first-order valence-electron chi connectivity index (χ1n) is 6.81. The third-order valence-corrected chi connectivity index (χ3v) is 3.73. The first-order valence-corrected chi connectivity index (χ1v) is 7.18. The topological polar surface area (TPSA) is 69.9 Å². The van der Waals surface area contributed by atoms with Gasteiger partial charge in [-0.2, -0.15) is 13.2 Å². The van der Waals surface area contributed by atoms with E-state index in [-0.39, 0.29) is 12.0 Å². The van der Waals surface area contributed by atoms with Gasteiger partial charge in [0.1, 0.15) is 6.04 Å². The van der Waals surface area contributed by atoms with E-state index >= 15 is 0 Å². The number of halogens is 4. The normalized spacial score (nSPS) is 17.2. The molecule has 2 aromatic rings. The van der Waals surface area contributed by atoms with E-state index in [0.29, 0.717) is 16.4 Å². The summed E-state index contributed by atoms with van der Waals surface area (Å²) in [6, 6.07) is 6.25. The molecule has 1 aromatic carbocycles. The number of carbonyl (C=O) groups excluding carboxylic acids is 1. The van der Waals surface area contributed by atoms with Crippen molar-refractivity contribution in [2.75, 3.05) is 6.61 Å². The maximum absolute atomic E-state index is 12.2. The molecule has 0 amide bonds. The molecule has 10 heteroatoms. The molecule has 1 atom stereocenters. The highest BCUT2D eigenvalue weighted by atomic mass is 35.5. The van der Waals surface area contributed by atoms with Crippen LogP contribution < -0.4 is 0 Å². The predicted molar refractivity (Wildman–Crippen MR) is 76.2 cm³/mol. The van der Waals surface area contributed by atoms with Crippen molar-refractivity contribution in [3.63, 3.8) is 0 Å². The SMILES string of the molecule is O=C(OCC(F)(F)F)C1=CC(c2ccccc2Cl)n2nnnc2C1. The number of aromatic nitrogens is 4. The number of ether oxygens (including phenoxy) is 1. The van der Waals surface area contributed by atoms with E-state index in [0.717, 1.165) is 0 Å². The minimum atomic E-state index is -4.59. The summed E-state index contributed by atoms with van der Waals surface area (Å²) in [5.41, 5.74) is 0.667. The summed E-state index contributed by atoms with van der Waals surface area (Å²) in [5.74, 6) is -0.722. The quantitative estimate of drug-likeness (QED) is 0.788. The third-order valence-electron chi connectivity index (χ3n) is 3.39. The van der Waals surface area contributed by atoms with Crippen molar-refractivity contribution in [3.05, 3.63) is 52.3 Å². The van der Waals surface area contributed by atoms with Gasteiger partial charge in [-0.3, -0.25) is 0 Å². The fraction of sp³-hybridized carbons (Fsp3) is 0.286. The highest BCUT2D eigenvalue weighted by molar-refractivity contribution is 6.31. The number of allylic oxidation sites excluding steroid dienone is 1. The van der Waals surface area contributed by atoms with E-state index in [2.05, 4.69) is 20.3 Å². The van der Waals surface area contributed by atoms with Crippen LogP contribution in [0.15, 0.2) is 35.9 Å². The molecule has 1 aliphatic heterocycles. The number of alkyl halides is 3. The minimum absolute atomic E-state index is 0.0232. The van der Waals surface area contributed by atoms with Gasteiger partial charge in [-0.05, 0) is 28.1 Å². The van der Waals surface area contributed by atoms with Gasteiger partial charge in [0.05, 0.1) is 0 Å². The molecule has 0 spiro atoms. The van der Waals surface area contributed by atoms with Gasteiger partial charge in [-0.15, -0.1) is 5.10 Å². The first kappa shape index (κ1) is 16.4. The van der Waals surface area contributed by atoms with Crippen LogP contribution in [0.4, 0.5) is 13.2 Å². The Labute approximate surface area is 138 Å². The summed E-state index contributed by atoms with van der Waals surface area (Å²) in [6.07, 6.45) is -3.15. The molecule has 126 valence electrons. The van der Waals surface area contributed by atoms with E-state index in [4.69, 9.17) is 11.6 Å². The molecular formula is C14H10ClF3N4O2. The summed E-state index contributed by atoms with van der Waals surface area (Å²) in [6.45, 7) is -1.65. The molecule has 0 aliphatic carbocycles. The minimum Gasteiger partial charge on any atom is -0.453 e. The number of hydrogen-bond donors (Lipinski definition) is 0. The predicted octanol–water partition coefficient (Wildman–Crippen LogP) is 2.50. The Morgan fingerprint density at radius 1 is 1.38 bits per heavy atom. The Hall–Kier alpha value is -2.42. The van der Waals surface area contributed by atoms with Crippen LogP contribution in [0, 0.1) is 0 Å². The monoisotopic (exact) mass is 358 g/mol. The number of nitrogens with zero attached hydrogens (tertiary/aromatic N) is 4. The van der Waals surface area contributed by atoms with Crippen LogP contribution in [0.1, 0.15) is 17.4 Å². The zero-order chi connectivity index (χ0) is 17.3. The zero-order valence-electron chi connectivity index (χ0n) is 12.0. The number of esters is 1. The average Bonchev–Trinajstić information content (AvgIpc) is 3.00. The van der Waals surface area contributed by atoms with Crippen molar-refractivity contribution in [2.45, 2.75) is 18.6 Å². The van der Waals surface area contributed by atoms with Crippen LogP contribution in [-0.2, 0) is 16.0 Å². The average molecular weight is 359 g/mol. The molecular weight excluding hydrogens is 349 g/mol. The van der Waals surface area contributed by atoms with Gasteiger partial charge in [0.25, 0.3) is 0 Å². The first-order chi connectivity index (χ1) is 11.3. The molecule has 0 radical (unpaired) electrons. The second-order valence-corrected chi connectivity index (χ2v) is 5.47. The Morgan fingerprint density at radius 2 is 2.12 bits per heavy atom. The number of hydrogen-bond acceptors (Lipinski definition) is 5. The van der Waals surface area contributed by atoms with E-state index in [1.165, 1.54) is 10.8 Å². The molecule has 0 bridgehead atoms. The van der Waals surface area contributed by atoms with Crippen LogP contribution in [-0.4, -0.2) is 39.0 Å². The maximum atomic E-state index is 12.2. The molecule has 0 N–H and O–H groups in total. The molecule has 1 aromatic heterocycles. The third kappa shape index (κ3) is 3.40. The number of rotatable bonds is 3. The van der Waals surface area contributed by atoms with Gasteiger partial charge in [0.15, 0.2) is 12.4 Å². The molecule has 3 rings (SSSR count). The highest BCUT2D eigenvalue weighted by Gasteiger charge is 2.32. The van der Waals surface area contributed by atoms with Gasteiger partial charge < -0.3 is 4.74 Å². The Morgan fingerprint density at radius 3 is 2.83 bits per heavy atom. The van der Waals surface area contributed by atoms with Crippen molar-refractivity contribution in [3.8, 4) is 0 Å². The Kier molecular flexibility index (Phi) is 4.27. The van der Waals surface area contributed by atoms with Crippen LogP contribution in [0.2, 0.25) is 5.02 Å². The highest BCUT2D eigenvalue weighted by Crippen LogP contribution is 2.32. The lowest BCUT2D eigenvalue weighted by molar-refractivity contribution is -0.183. The number of tetrazole rings is 1. The second-order valence-electron chi connectivity index (χ2n) is 5.07. The fourth-order valence-corrected chi connectivity index (χ4v) is 2.60. The summed E-state index contributed by atoms with van der Waals surface area (Å²) in [4.78, 5) is 11.9. The lowest BCUT2D eigenvalue weighted by atomic mass is 9.98. The summed E-state index contributed by atoms with van der Waals surface area (Å²) < 4.78 is 42.4. The molecule has 2 heterocycles. The van der Waals surface area contributed by atoms with Crippen molar-refractivity contribution in [1.29, 1.82) is 0 Å². The molecule has 6 nitrogen and oxygen atoms in total. The van der Waals surface area contributed by atoms with Crippen molar-refractivity contribution >= 4 is 17.6 Å². The van der Waals surface area contributed by atoms with Crippen LogP contribution >= 0.6 is 11.6 Å². The molecule has 0 fully saturated rings. The lowest BCUT2D eigenvalue weighted by Gasteiger charge is -2.22. The standard InChI is InChI=1S/C14H10ClF3N4O2/c15-10-4-2-1-3-9(10)11-5-8(6-12-19-20-21-22(11)12)13(23)24-7-14(16,17)18/h1-5,11H,6-7H2. The summed E-state index contributed by atoms with van der Waals surface area (Å²) >= 11 is 6.16. The van der Waals surface area contributed by atoms with Crippen molar-refractivity contribution < 1.29 is 22.7 Å². The van der Waals surface area contributed by atoms with Gasteiger partial charge in [0.2, 0.25) is 0 Å². The summed E-state index contributed by atoms with van der Waals surface area (Å²) in [7, 11) is 0. The smallest absolute Gasteiger partial charge is 0.422 e. The molecule has 24 heavy (non-hydrogen) atoms. The number of carbonyl (C=O) groups is 1. The molecule has 0 saturated heterocycles. The molecule has 0 saturated carbocycles. The van der Waals surface area contributed by atoms with E-state index in [1.807, 2.05) is 0 Å². The van der Waals surface area contributed by atoms with E-state index < -0.39 is 24.8 Å². The van der Waals surface area contributed by atoms with E-state index in [9.17, 15) is 18.0 Å². The second kappa shape index (κ2) is 6.23. The maximum Gasteiger partial charge on any atom is 0.422 e. The van der Waals surface area contributed by atoms with Crippen LogP contribution in [0.5, 0.6) is 0 Å². The van der Waals surface area contributed by atoms with Gasteiger partial charge >= 0.3 is 12.1 Å².